The number of thiophene rings is 1. The van der Waals surface area contributed by atoms with Crippen LogP contribution < -0.4 is 4.90 Å². The largest absolute Gasteiger partial charge is 0.368 e. The van der Waals surface area contributed by atoms with Crippen LogP contribution in [0, 0.1) is 6.92 Å². The molecule has 1 fully saturated rings. The zero-order chi connectivity index (χ0) is 20.5. The highest BCUT2D eigenvalue weighted by Gasteiger charge is 2.25. The number of anilines is 1. The van der Waals surface area contributed by atoms with Gasteiger partial charge in [0.05, 0.1) is 21.7 Å². The van der Waals surface area contributed by atoms with E-state index in [1.54, 1.807) is 11.3 Å². The third-order valence-electron chi connectivity index (χ3n) is 5.74. The van der Waals surface area contributed by atoms with Crippen molar-refractivity contribution in [2.75, 3.05) is 31.1 Å². The Morgan fingerprint density at radius 3 is 2.47 bits per heavy atom. The summed E-state index contributed by atoms with van der Waals surface area (Å²) >= 11 is 1.65. The number of carbonyl (C=O) groups is 1. The van der Waals surface area contributed by atoms with Gasteiger partial charge in [0.25, 0.3) is 5.91 Å². The second-order valence-corrected chi connectivity index (χ2v) is 8.56. The van der Waals surface area contributed by atoms with Crippen molar-refractivity contribution < 1.29 is 4.79 Å². The topological polar surface area (TPSA) is 36.4 Å². The van der Waals surface area contributed by atoms with Crippen LogP contribution in [0.3, 0.4) is 0 Å². The smallest absolute Gasteiger partial charge is 0.254 e. The summed E-state index contributed by atoms with van der Waals surface area (Å²) in [7, 11) is 0. The number of aromatic nitrogens is 1. The first kappa shape index (κ1) is 18.8. The molecule has 5 rings (SSSR count). The molecule has 0 bridgehead atoms. The zero-order valence-corrected chi connectivity index (χ0v) is 17.7. The summed E-state index contributed by atoms with van der Waals surface area (Å²) in [6, 6.07) is 22.4. The van der Waals surface area contributed by atoms with Crippen LogP contribution in [0.15, 0.2) is 72.1 Å². The summed E-state index contributed by atoms with van der Waals surface area (Å²) in [5.74, 6) is 0.0934. The van der Waals surface area contributed by atoms with Crippen molar-refractivity contribution in [1.82, 2.24) is 9.88 Å². The number of rotatable bonds is 3. The van der Waals surface area contributed by atoms with Gasteiger partial charge < -0.3 is 9.80 Å². The Kier molecular flexibility index (Phi) is 4.97. The molecule has 0 N–H and O–H groups in total. The molecule has 4 aromatic rings. The summed E-state index contributed by atoms with van der Waals surface area (Å²) in [5.41, 5.74) is 5.01. The van der Waals surface area contributed by atoms with Gasteiger partial charge in [-0.2, -0.15) is 0 Å². The molecule has 150 valence electrons. The fraction of sp³-hybridized carbons (Fsp3) is 0.200. The van der Waals surface area contributed by atoms with E-state index < -0.39 is 0 Å². The SMILES string of the molecule is Cc1ccccc1N1CCN(C(=O)c2cc(-c3cccs3)nc3ccccc23)CC1. The number of pyridine rings is 1. The van der Waals surface area contributed by atoms with Gasteiger partial charge in [-0.1, -0.05) is 42.5 Å². The molecule has 0 unspecified atom stereocenters. The Hall–Kier alpha value is -3.18. The maximum Gasteiger partial charge on any atom is 0.254 e. The highest BCUT2D eigenvalue weighted by Crippen LogP contribution is 2.29. The average Bonchev–Trinajstić information content (AvgIpc) is 3.33. The van der Waals surface area contributed by atoms with Crippen LogP contribution in [0.1, 0.15) is 15.9 Å². The van der Waals surface area contributed by atoms with Crippen molar-refractivity contribution in [2.24, 2.45) is 0 Å². The van der Waals surface area contributed by atoms with Crippen LogP contribution in [-0.4, -0.2) is 42.0 Å². The Morgan fingerprint density at radius 1 is 0.933 bits per heavy atom. The fourth-order valence-electron chi connectivity index (χ4n) is 4.14. The van der Waals surface area contributed by atoms with Gasteiger partial charge in [0.1, 0.15) is 0 Å². The number of para-hydroxylation sites is 2. The van der Waals surface area contributed by atoms with E-state index in [1.807, 2.05) is 46.7 Å². The highest BCUT2D eigenvalue weighted by atomic mass is 32.1. The molecule has 1 amide bonds. The van der Waals surface area contributed by atoms with E-state index in [2.05, 4.69) is 42.2 Å². The van der Waals surface area contributed by atoms with Crippen LogP contribution in [0.2, 0.25) is 0 Å². The molecule has 2 aromatic heterocycles. The fourth-order valence-corrected chi connectivity index (χ4v) is 4.83. The van der Waals surface area contributed by atoms with Gasteiger partial charge in [-0.15, -0.1) is 11.3 Å². The minimum atomic E-state index is 0.0934. The Labute approximate surface area is 180 Å². The van der Waals surface area contributed by atoms with Crippen molar-refractivity contribution >= 4 is 33.8 Å². The summed E-state index contributed by atoms with van der Waals surface area (Å²) in [4.78, 5) is 23.8. The van der Waals surface area contributed by atoms with E-state index in [0.29, 0.717) is 0 Å². The van der Waals surface area contributed by atoms with E-state index in [1.165, 1.54) is 11.3 Å². The quantitative estimate of drug-likeness (QED) is 0.461. The predicted octanol–water partition coefficient (Wildman–Crippen LogP) is 5.23. The van der Waals surface area contributed by atoms with Crippen LogP contribution in [-0.2, 0) is 0 Å². The van der Waals surface area contributed by atoms with E-state index in [9.17, 15) is 4.79 Å². The first-order valence-electron chi connectivity index (χ1n) is 10.2. The monoisotopic (exact) mass is 413 g/mol. The molecule has 0 spiro atoms. The third-order valence-corrected chi connectivity index (χ3v) is 6.64. The first-order valence-corrected chi connectivity index (χ1v) is 11.1. The van der Waals surface area contributed by atoms with E-state index in [4.69, 9.17) is 4.98 Å². The number of amides is 1. The number of fused-ring (bicyclic) bond motifs is 1. The molecule has 2 aromatic carbocycles. The second-order valence-electron chi connectivity index (χ2n) is 7.62. The van der Waals surface area contributed by atoms with Crippen molar-refractivity contribution in [3.8, 4) is 10.6 Å². The Balaban J connectivity index is 1.43. The van der Waals surface area contributed by atoms with Gasteiger partial charge in [0.15, 0.2) is 0 Å². The predicted molar refractivity (Wildman–Crippen MR) is 124 cm³/mol. The molecule has 5 heteroatoms. The van der Waals surface area contributed by atoms with Crippen molar-refractivity contribution in [3.05, 3.63) is 83.2 Å². The molecule has 0 atom stereocenters. The maximum atomic E-state index is 13.5. The Bertz CT molecular complexity index is 1190. The number of carbonyl (C=O) groups excluding carboxylic acids is 1. The van der Waals surface area contributed by atoms with Gasteiger partial charge in [0, 0.05) is 37.3 Å². The molecule has 4 nitrogen and oxygen atoms in total. The first-order chi connectivity index (χ1) is 14.7. The molecule has 1 aliphatic heterocycles. The van der Waals surface area contributed by atoms with Gasteiger partial charge in [0.2, 0.25) is 0 Å². The lowest BCUT2D eigenvalue weighted by Gasteiger charge is -2.37. The van der Waals surface area contributed by atoms with Crippen LogP contribution in [0.5, 0.6) is 0 Å². The second kappa shape index (κ2) is 7.92. The van der Waals surface area contributed by atoms with Gasteiger partial charge >= 0.3 is 0 Å². The lowest BCUT2D eigenvalue weighted by Crippen LogP contribution is -2.49. The average molecular weight is 414 g/mol. The minimum absolute atomic E-state index is 0.0934. The molecule has 1 saturated heterocycles. The Morgan fingerprint density at radius 2 is 1.70 bits per heavy atom. The van der Waals surface area contributed by atoms with Gasteiger partial charge in [-0.25, -0.2) is 4.98 Å². The lowest BCUT2D eigenvalue weighted by molar-refractivity contribution is 0.0748. The number of hydrogen-bond acceptors (Lipinski definition) is 4. The number of nitrogens with zero attached hydrogens (tertiary/aromatic N) is 3. The standard InChI is InChI=1S/C25H23N3OS/c1-18-7-2-5-10-23(18)27-12-14-28(15-13-27)25(29)20-17-22(24-11-6-16-30-24)26-21-9-4-3-8-19(20)21/h2-11,16-17H,12-15H2,1H3. The van der Waals surface area contributed by atoms with E-state index in [0.717, 1.165) is 53.2 Å². The maximum absolute atomic E-state index is 13.5. The molecular weight excluding hydrogens is 390 g/mol. The number of piperazine rings is 1. The number of benzene rings is 2. The van der Waals surface area contributed by atoms with Gasteiger partial charge in [-0.3, -0.25) is 4.79 Å². The molecule has 0 saturated carbocycles. The third kappa shape index (κ3) is 3.46. The minimum Gasteiger partial charge on any atom is -0.368 e. The number of aryl methyl sites for hydroxylation is 1. The zero-order valence-electron chi connectivity index (χ0n) is 16.9. The van der Waals surface area contributed by atoms with Crippen molar-refractivity contribution in [1.29, 1.82) is 0 Å². The van der Waals surface area contributed by atoms with Crippen LogP contribution in [0.25, 0.3) is 21.5 Å². The molecule has 1 aliphatic rings. The van der Waals surface area contributed by atoms with Crippen molar-refractivity contribution in [3.63, 3.8) is 0 Å². The van der Waals surface area contributed by atoms with Gasteiger partial charge in [-0.05, 0) is 42.1 Å². The summed E-state index contributed by atoms with van der Waals surface area (Å²) in [5, 5.41) is 2.96. The van der Waals surface area contributed by atoms with E-state index in [-0.39, 0.29) is 5.91 Å². The molecule has 30 heavy (non-hydrogen) atoms. The summed E-state index contributed by atoms with van der Waals surface area (Å²) < 4.78 is 0. The number of hydrogen-bond donors (Lipinski definition) is 0. The molecule has 3 heterocycles. The lowest BCUT2D eigenvalue weighted by atomic mass is 10.0. The van der Waals surface area contributed by atoms with Crippen LogP contribution >= 0.6 is 11.3 Å². The van der Waals surface area contributed by atoms with E-state index >= 15 is 0 Å². The van der Waals surface area contributed by atoms with Crippen molar-refractivity contribution in [2.45, 2.75) is 6.92 Å². The molecule has 0 aliphatic carbocycles. The molecule has 0 radical (unpaired) electrons. The van der Waals surface area contributed by atoms with Crippen LogP contribution in [0.4, 0.5) is 5.69 Å². The summed E-state index contributed by atoms with van der Waals surface area (Å²) in [6.07, 6.45) is 0. The highest BCUT2D eigenvalue weighted by molar-refractivity contribution is 7.13. The molecular formula is C25H23N3OS. The summed E-state index contributed by atoms with van der Waals surface area (Å²) in [6.45, 7) is 5.27. The normalized spacial score (nSPS) is 14.3.